The third kappa shape index (κ3) is 4.00. The maximum atomic E-state index is 10.8. The average Bonchev–Trinajstić information content (AvgIpc) is 3.04. The lowest BCUT2D eigenvalue weighted by Crippen LogP contribution is -2.25. The highest BCUT2D eigenvalue weighted by Gasteiger charge is 2.15. The summed E-state index contributed by atoms with van der Waals surface area (Å²) in [5, 5.41) is 16.2. The minimum Gasteiger partial charge on any atom is -0.497 e. The van der Waals surface area contributed by atoms with E-state index in [1.165, 1.54) is 0 Å². The van der Waals surface area contributed by atoms with E-state index in [-0.39, 0.29) is 0 Å². The Bertz CT molecular complexity index is 1150. The van der Waals surface area contributed by atoms with E-state index in [9.17, 15) is 5.11 Å². The molecule has 1 heterocycles. The van der Waals surface area contributed by atoms with Gasteiger partial charge in [0.2, 0.25) is 0 Å². The van der Waals surface area contributed by atoms with Gasteiger partial charge >= 0.3 is 0 Å². The molecule has 0 amide bonds. The van der Waals surface area contributed by atoms with Crippen molar-refractivity contribution in [3.05, 3.63) is 59.1 Å². The number of anilines is 1. The number of rotatable bonds is 7. The van der Waals surface area contributed by atoms with Crippen LogP contribution in [0.1, 0.15) is 0 Å². The first-order chi connectivity index (χ1) is 14.5. The quantitative estimate of drug-likeness (QED) is 0.408. The Morgan fingerprint density at radius 3 is 2.47 bits per heavy atom. The lowest BCUT2D eigenvalue weighted by molar-refractivity contribution is 0.169. The highest BCUT2D eigenvalue weighted by Crippen LogP contribution is 2.31. The molecule has 1 unspecified atom stereocenters. The van der Waals surface area contributed by atoms with E-state index in [1.54, 1.807) is 14.2 Å². The molecule has 0 aliphatic heterocycles. The molecule has 0 saturated heterocycles. The number of hydrogen-bond donors (Lipinski definition) is 2. The average molecular weight is 465 g/mol. The minimum atomic E-state index is -0.614. The van der Waals surface area contributed by atoms with E-state index in [4.69, 9.17) is 17.3 Å². The Morgan fingerprint density at radius 1 is 1.00 bits per heavy atom. The van der Waals surface area contributed by atoms with Crippen molar-refractivity contribution < 1.29 is 14.6 Å². The molecule has 7 heteroatoms. The number of nitrogens with zero attached hydrogens (tertiary/aromatic N) is 1. The number of benzene rings is 3. The number of hydrogen-bond acceptors (Lipinski definition) is 4. The zero-order valence-electron chi connectivity index (χ0n) is 16.9. The fraction of sp³-hybridized carbons (Fsp3) is 0.217. The van der Waals surface area contributed by atoms with Gasteiger partial charge in [0, 0.05) is 38.9 Å². The predicted molar refractivity (Wildman–Crippen MR) is 127 cm³/mol. The molecular formula is C23H22BBrN2O3. The van der Waals surface area contributed by atoms with Gasteiger partial charge in [-0.25, -0.2) is 0 Å². The molecule has 0 saturated carbocycles. The van der Waals surface area contributed by atoms with Crippen LogP contribution in [0.25, 0.3) is 21.8 Å². The summed E-state index contributed by atoms with van der Waals surface area (Å²) < 4.78 is 13.8. The molecule has 0 fully saturated rings. The molecule has 3 aromatic carbocycles. The molecule has 0 aliphatic rings. The zero-order chi connectivity index (χ0) is 21.3. The van der Waals surface area contributed by atoms with Crippen molar-refractivity contribution in [3.8, 4) is 11.5 Å². The fourth-order valence-corrected chi connectivity index (χ4v) is 4.10. The number of fused-ring (bicyclic) bond motifs is 3. The second kappa shape index (κ2) is 8.62. The smallest absolute Gasteiger partial charge is 0.145 e. The fourth-order valence-electron chi connectivity index (χ4n) is 3.74. The molecular weight excluding hydrogens is 443 g/mol. The van der Waals surface area contributed by atoms with Gasteiger partial charge < -0.3 is 24.5 Å². The second-order valence-corrected chi connectivity index (χ2v) is 8.07. The number of aliphatic hydroxyl groups is 1. The summed E-state index contributed by atoms with van der Waals surface area (Å²) in [5.74, 6) is 1.38. The molecule has 4 rings (SSSR count). The van der Waals surface area contributed by atoms with Crippen LogP contribution in [0.3, 0.4) is 0 Å². The third-order valence-electron chi connectivity index (χ3n) is 5.18. The molecule has 1 aromatic heterocycles. The van der Waals surface area contributed by atoms with Crippen LogP contribution in [-0.2, 0) is 6.54 Å². The van der Waals surface area contributed by atoms with E-state index in [0.29, 0.717) is 24.6 Å². The molecule has 4 aromatic rings. The highest BCUT2D eigenvalue weighted by molar-refractivity contribution is 9.10. The number of ether oxygens (including phenoxy) is 2. The highest BCUT2D eigenvalue weighted by atomic mass is 79.9. The van der Waals surface area contributed by atoms with Gasteiger partial charge in [-0.2, -0.15) is 0 Å². The van der Waals surface area contributed by atoms with Gasteiger partial charge in [0.05, 0.1) is 32.6 Å². The minimum absolute atomic E-state index is 0.370. The van der Waals surface area contributed by atoms with Gasteiger partial charge in [-0.05, 0) is 36.4 Å². The Balaban J connectivity index is 1.59. The summed E-state index contributed by atoms with van der Waals surface area (Å²) in [7, 11) is 9.25. The van der Waals surface area contributed by atoms with Crippen LogP contribution in [0.2, 0.25) is 0 Å². The monoisotopic (exact) mass is 464 g/mol. The zero-order valence-corrected chi connectivity index (χ0v) is 18.4. The van der Waals surface area contributed by atoms with Crippen LogP contribution < -0.4 is 20.3 Å². The van der Waals surface area contributed by atoms with Crippen LogP contribution in [0.4, 0.5) is 5.69 Å². The lowest BCUT2D eigenvalue weighted by Gasteiger charge is -2.17. The van der Waals surface area contributed by atoms with Crippen LogP contribution >= 0.6 is 15.9 Å². The van der Waals surface area contributed by atoms with Crippen LogP contribution in [0, 0.1) is 0 Å². The van der Waals surface area contributed by atoms with Crippen molar-refractivity contribution in [2.45, 2.75) is 12.6 Å². The number of halogens is 1. The molecule has 1 atom stereocenters. The first kappa shape index (κ1) is 20.6. The second-order valence-electron chi connectivity index (χ2n) is 7.15. The van der Waals surface area contributed by atoms with Gasteiger partial charge in [0.1, 0.15) is 19.3 Å². The standard InChI is InChI=1S/C23H22BBrN2O3/c1-29-17-5-6-20(23(11-17)30-2)26-12-16(28)13-27-21-7-3-14(24)9-18(21)19-10-15(25)4-8-22(19)27/h3-11,16,26,28H,12-13H2,1-2H3. The van der Waals surface area contributed by atoms with Gasteiger partial charge in [-0.3, -0.25) is 0 Å². The first-order valence-corrected chi connectivity index (χ1v) is 10.4. The topological polar surface area (TPSA) is 55.7 Å². The molecule has 0 spiro atoms. The van der Waals surface area contributed by atoms with Crippen LogP contribution in [0.15, 0.2) is 59.1 Å². The van der Waals surface area contributed by atoms with Gasteiger partial charge in [0.25, 0.3) is 0 Å². The SMILES string of the molecule is [B]c1ccc2c(c1)c1cc(Br)ccc1n2CC(O)CNc1ccc(OC)cc1OC. The predicted octanol–water partition coefficient (Wildman–Crippen LogP) is 3.84. The van der Waals surface area contributed by atoms with Crippen molar-refractivity contribution in [3.63, 3.8) is 0 Å². The first-order valence-electron chi connectivity index (χ1n) is 9.61. The van der Waals surface area contributed by atoms with Crippen LogP contribution in [0.5, 0.6) is 11.5 Å². The summed E-state index contributed by atoms with van der Waals surface area (Å²) in [6.45, 7) is 0.812. The summed E-state index contributed by atoms with van der Waals surface area (Å²) in [5.41, 5.74) is 3.62. The Kier molecular flexibility index (Phi) is 5.93. The summed E-state index contributed by atoms with van der Waals surface area (Å²) >= 11 is 3.55. The number of methoxy groups -OCH3 is 2. The van der Waals surface area contributed by atoms with Crippen molar-refractivity contribution in [1.29, 1.82) is 0 Å². The molecule has 5 nitrogen and oxygen atoms in total. The normalized spacial score (nSPS) is 12.3. The molecule has 30 heavy (non-hydrogen) atoms. The largest absolute Gasteiger partial charge is 0.497 e. The van der Waals surface area contributed by atoms with Crippen molar-refractivity contribution in [2.75, 3.05) is 26.1 Å². The molecule has 2 radical (unpaired) electrons. The van der Waals surface area contributed by atoms with Crippen LogP contribution in [-0.4, -0.2) is 44.4 Å². The molecule has 0 aliphatic carbocycles. The Hall–Kier alpha value is -2.64. The Morgan fingerprint density at radius 2 is 1.73 bits per heavy atom. The van der Waals surface area contributed by atoms with Crippen molar-refractivity contribution >= 4 is 56.7 Å². The number of aliphatic hydroxyl groups excluding tert-OH is 1. The number of nitrogens with one attached hydrogen (secondary N) is 1. The van der Waals surface area contributed by atoms with E-state index in [2.05, 4.69) is 37.9 Å². The van der Waals surface area contributed by atoms with Crippen molar-refractivity contribution in [2.24, 2.45) is 0 Å². The van der Waals surface area contributed by atoms with Crippen molar-refractivity contribution in [1.82, 2.24) is 4.57 Å². The molecule has 0 bridgehead atoms. The number of aromatic nitrogens is 1. The third-order valence-corrected chi connectivity index (χ3v) is 5.67. The van der Waals surface area contributed by atoms with Gasteiger partial charge in [0.15, 0.2) is 0 Å². The lowest BCUT2D eigenvalue weighted by atomic mass is 9.94. The summed E-state index contributed by atoms with van der Waals surface area (Å²) in [4.78, 5) is 0. The summed E-state index contributed by atoms with van der Waals surface area (Å²) in [6, 6.07) is 17.6. The van der Waals surface area contributed by atoms with E-state index in [0.717, 1.165) is 37.4 Å². The Labute approximate surface area is 185 Å². The molecule has 152 valence electrons. The van der Waals surface area contributed by atoms with E-state index in [1.807, 2.05) is 42.5 Å². The van der Waals surface area contributed by atoms with Gasteiger partial charge in [-0.1, -0.05) is 33.5 Å². The van der Waals surface area contributed by atoms with Gasteiger partial charge in [-0.15, -0.1) is 0 Å². The molecule has 2 N–H and O–H groups in total. The van der Waals surface area contributed by atoms with E-state index < -0.39 is 6.10 Å². The van der Waals surface area contributed by atoms with E-state index >= 15 is 0 Å². The summed E-state index contributed by atoms with van der Waals surface area (Å²) in [6.07, 6.45) is -0.614. The maximum absolute atomic E-state index is 10.8. The maximum Gasteiger partial charge on any atom is 0.145 e.